The molecule has 2 N–H and O–H groups in total. The average Bonchev–Trinajstić information content (AvgIpc) is 2.60. The molecule has 0 fully saturated rings. The van der Waals surface area contributed by atoms with E-state index in [0.29, 0.717) is 11.7 Å². The summed E-state index contributed by atoms with van der Waals surface area (Å²) in [5.74, 6) is 1.18. The first-order chi connectivity index (χ1) is 7.11. The number of nitro groups is 1. The van der Waals surface area contributed by atoms with Gasteiger partial charge < -0.3 is 10.3 Å². The maximum atomic E-state index is 10.6. The van der Waals surface area contributed by atoms with Crippen molar-refractivity contribution in [1.82, 2.24) is 4.98 Å². The minimum absolute atomic E-state index is 0.111. The molecule has 0 aromatic carbocycles. The summed E-state index contributed by atoms with van der Waals surface area (Å²) in [4.78, 5) is 13.0. The molecular weight excluding hydrogens is 194 g/mol. The van der Waals surface area contributed by atoms with Crippen molar-refractivity contribution >= 4 is 11.5 Å². The van der Waals surface area contributed by atoms with Crippen LogP contribution in [0.3, 0.4) is 0 Å². The third-order valence-electron chi connectivity index (χ3n) is 2.18. The summed E-state index contributed by atoms with van der Waals surface area (Å²) in [5, 5.41) is 13.6. The van der Waals surface area contributed by atoms with Crippen molar-refractivity contribution in [2.45, 2.75) is 26.7 Å². The van der Waals surface area contributed by atoms with Gasteiger partial charge in [0.2, 0.25) is 0 Å². The largest absolute Gasteiger partial charge is 0.366 e. The molecule has 0 amide bonds. The summed E-state index contributed by atoms with van der Waals surface area (Å²) in [7, 11) is 0. The molecule has 0 atom stereocenters. The predicted molar refractivity (Wildman–Crippen MR) is 60.0 cm³/mol. The van der Waals surface area contributed by atoms with Gasteiger partial charge in [-0.2, -0.15) is 0 Å². The molecule has 0 aliphatic rings. The van der Waals surface area contributed by atoms with Gasteiger partial charge in [-0.1, -0.05) is 13.8 Å². The van der Waals surface area contributed by atoms with E-state index in [2.05, 4.69) is 24.1 Å². The maximum absolute atomic E-state index is 10.6. The van der Waals surface area contributed by atoms with E-state index in [4.69, 9.17) is 0 Å². The molecule has 0 bridgehead atoms. The van der Waals surface area contributed by atoms with Crippen LogP contribution in [-0.2, 0) is 0 Å². The van der Waals surface area contributed by atoms with Crippen molar-refractivity contribution in [3.05, 3.63) is 22.4 Å². The van der Waals surface area contributed by atoms with Crippen LogP contribution < -0.4 is 5.32 Å². The van der Waals surface area contributed by atoms with Crippen LogP contribution in [0.2, 0.25) is 0 Å². The Balaban J connectivity index is 2.37. The summed E-state index contributed by atoms with van der Waals surface area (Å²) in [6, 6.07) is 1.46. The highest BCUT2D eigenvalue weighted by atomic mass is 16.6. The van der Waals surface area contributed by atoms with E-state index < -0.39 is 0 Å². The van der Waals surface area contributed by atoms with Gasteiger partial charge in [0.25, 0.3) is 0 Å². The monoisotopic (exact) mass is 211 g/mol. The maximum Gasteiger partial charge on any atom is 0.310 e. The Bertz CT molecular complexity index is 320. The van der Waals surface area contributed by atoms with E-state index in [1.165, 1.54) is 6.07 Å². The lowest BCUT2D eigenvalue weighted by molar-refractivity contribution is -0.383. The molecule has 0 aliphatic carbocycles. The molecule has 0 spiro atoms. The average molecular weight is 211 g/mol. The first kappa shape index (κ1) is 11.6. The molecule has 84 valence electrons. The molecule has 1 rings (SSSR count). The second-order valence-electron chi connectivity index (χ2n) is 3.96. The lowest BCUT2D eigenvalue weighted by atomic mass is 10.1. The molecule has 1 aromatic rings. The minimum atomic E-state index is -0.388. The van der Waals surface area contributed by atoms with Gasteiger partial charge in [-0.3, -0.25) is 10.1 Å². The number of nitrogens with zero attached hydrogens (tertiary/aromatic N) is 1. The normalized spacial score (nSPS) is 10.6. The van der Waals surface area contributed by atoms with Crippen molar-refractivity contribution in [2.75, 3.05) is 11.9 Å². The number of aromatic nitrogens is 1. The van der Waals surface area contributed by atoms with Gasteiger partial charge in [0.05, 0.1) is 4.92 Å². The number of hydrogen-bond acceptors (Lipinski definition) is 3. The number of anilines is 1. The Morgan fingerprint density at radius 1 is 1.60 bits per heavy atom. The van der Waals surface area contributed by atoms with Gasteiger partial charge in [-0.05, 0) is 18.8 Å². The molecule has 0 aliphatic heterocycles. The molecule has 0 radical (unpaired) electrons. The standard InChI is InChI=1S/C10H17N3O2/c1-8(2)4-3-6-11-10-9(13(14)15)5-7-12-10/h5,7-8,11-12H,3-4,6H2,1-2H3. The molecule has 0 saturated heterocycles. The zero-order valence-corrected chi connectivity index (χ0v) is 9.12. The summed E-state index contributed by atoms with van der Waals surface area (Å²) < 4.78 is 0. The minimum Gasteiger partial charge on any atom is -0.366 e. The second kappa shape index (κ2) is 5.38. The van der Waals surface area contributed by atoms with Crippen molar-refractivity contribution in [3.8, 4) is 0 Å². The van der Waals surface area contributed by atoms with Crippen LogP contribution in [-0.4, -0.2) is 16.5 Å². The van der Waals surface area contributed by atoms with Gasteiger partial charge in [-0.25, -0.2) is 0 Å². The van der Waals surface area contributed by atoms with Crippen LogP contribution in [0.4, 0.5) is 11.5 Å². The smallest absolute Gasteiger partial charge is 0.310 e. The van der Waals surface area contributed by atoms with Crippen LogP contribution in [0.1, 0.15) is 26.7 Å². The van der Waals surface area contributed by atoms with E-state index in [-0.39, 0.29) is 10.6 Å². The second-order valence-corrected chi connectivity index (χ2v) is 3.96. The highest BCUT2D eigenvalue weighted by Crippen LogP contribution is 2.21. The lowest BCUT2D eigenvalue weighted by Gasteiger charge is -2.05. The fourth-order valence-corrected chi connectivity index (χ4v) is 1.38. The predicted octanol–water partition coefficient (Wildman–Crippen LogP) is 2.77. The zero-order valence-electron chi connectivity index (χ0n) is 9.12. The van der Waals surface area contributed by atoms with E-state index in [1.54, 1.807) is 6.20 Å². The van der Waals surface area contributed by atoms with Gasteiger partial charge in [0.15, 0.2) is 5.82 Å². The van der Waals surface area contributed by atoms with E-state index in [0.717, 1.165) is 19.4 Å². The van der Waals surface area contributed by atoms with Gasteiger partial charge >= 0.3 is 5.69 Å². The molecule has 0 saturated carbocycles. The Hall–Kier alpha value is -1.52. The molecule has 5 nitrogen and oxygen atoms in total. The molecule has 1 heterocycles. The van der Waals surface area contributed by atoms with Crippen molar-refractivity contribution in [3.63, 3.8) is 0 Å². The topological polar surface area (TPSA) is 71.0 Å². The Kier molecular flexibility index (Phi) is 4.15. The van der Waals surface area contributed by atoms with E-state index >= 15 is 0 Å². The van der Waals surface area contributed by atoms with E-state index in [1.807, 2.05) is 0 Å². The molecule has 1 aromatic heterocycles. The first-order valence-corrected chi connectivity index (χ1v) is 5.17. The number of nitrogens with one attached hydrogen (secondary N) is 2. The number of aromatic amines is 1. The molecular formula is C10H17N3O2. The summed E-state index contributed by atoms with van der Waals surface area (Å²) >= 11 is 0. The molecule has 5 heteroatoms. The number of hydrogen-bond donors (Lipinski definition) is 2. The highest BCUT2D eigenvalue weighted by molar-refractivity contribution is 5.56. The lowest BCUT2D eigenvalue weighted by Crippen LogP contribution is -2.04. The van der Waals surface area contributed by atoms with Crippen LogP contribution >= 0.6 is 0 Å². The fourth-order valence-electron chi connectivity index (χ4n) is 1.38. The Labute approximate surface area is 89.0 Å². The third-order valence-corrected chi connectivity index (χ3v) is 2.18. The Morgan fingerprint density at radius 3 is 2.93 bits per heavy atom. The van der Waals surface area contributed by atoms with Gasteiger partial charge in [0, 0.05) is 18.8 Å². The quantitative estimate of drug-likeness (QED) is 0.431. The van der Waals surface area contributed by atoms with E-state index in [9.17, 15) is 10.1 Å². The van der Waals surface area contributed by atoms with Crippen LogP contribution in [0, 0.1) is 16.0 Å². The van der Waals surface area contributed by atoms with Crippen molar-refractivity contribution in [1.29, 1.82) is 0 Å². The van der Waals surface area contributed by atoms with Crippen molar-refractivity contribution in [2.24, 2.45) is 5.92 Å². The Morgan fingerprint density at radius 2 is 2.33 bits per heavy atom. The number of rotatable bonds is 6. The van der Waals surface area contributed by atoms with Crippen LogP contribution in [0.25, 0.3) is 0 Å². The third kappa shape index (κ3) is 3.61. The first-order valence-electron chi connectivity index (χ1n) is 5.17. The summed E-state index contributed by atoms with van der Waals surface area (Å²) in [6.07, 6.45) is 3.72. The van der Waals surface area contributed by atoms with Gasteiger partial charge in [-0.15, -0.1) is 0 Å². The summed E-state index contributed by atoms with van der Waals surface area (Å²) in [5.41, 5.74) is 0.111. The fraction of sp³-hybridized carbons (Fsp3) is 0.600. The van der Waals surface area contributed by atoms with Crippen LogP contribution in [0.5, 0.6) is 0 Å². The highest BCUT2D eigenvalue weighted by Gasteiger charge is 2.13. The SMILES string of the molecule is CC(C)CCCNc1[nH]ccc1[N+](=O)[O-]. The molecule has 15 heavy (non-hydrogen) atoms. The van der Waals surface area contributed by atoms with Gasteiger partial charge in [0.1, 0.15) is 0 Å². The molecule has 0 unspecified atom stereocenters. The van der Waals surface area contributed by atoms with Crippen molar-refractivity contribution < 1.29 is 4.92 Å². The van der Waals surface area contributed by atoms with Crippen LogP contribution in [0.15, 0.2) is 12.3 Å². The number of H-pyrrole nitrogens is 1. The zero-order chi connectivity index (χ0) is 11.3. The summed E-state index contributed by atoms with van der Waals surface area (Å²) in [6.45, 7) is 5.09.